The number of hydrogen-bond donors (Lipinski definition) is 2. The Hall–Kier alpha value is -2.49. The van der Waals surface area contributed by atoms with Crippen molar-refractivity contribution in [3.63, 3.8) is 0 Å². The molecule has 0 saturated heterocycles. The van der Waals surface area contributed by atoms with Gasteiger partial charge in [-0.25, -0.2) is 22.3 Å². The van der Waals surface area contributed by atoms with Crippen LogP contribution in [0.3, 0.4) is 0 Å². The minimum absolute atomic E-state index is 0.0715. The number of carbonyl (C=O) groups excluding carboxylic acids is 2. The number of halogens is 2. The van der Waals surface area contributed by atoms with Crippen molar-refractivity contribution in [3.8, 4) is 0 Å². The second-order valence-corrected chi connectivity index (χ2v) is 7.66. The average Bonchev–Trinajstić information content (AvgIpc) is 2.61. The molecule has 10 heteroatoms. The van der Waals surface area contributed by atoms with Crippen LogP contribution >= 0.6 is 11.6 Å². The Morgan fingerprint density at radius 1 is 1.19 bits per heavy atom. The van der Waals surface area contributed by atoms with Gasteiger partial charge in [0, 0.05) is 5.69 Å². The molecule has 2 aromatic rings. The standard InChI is InChI=1S/C17H16ClFN2O5S/c1-10(16(22)21-13-5-3-4-12(19)9-13)26-17(23)11-6-7-14(18)15(8-11)27(24,25)20-2/h3-10,20H,1-2H3,(H,21,22)/t10-/m0/s1. The molecule has 0 radical (unpaired) electrons. The maximum atomic E-state index is 13.1. The van der Waals surface area contributed by atoms with Crippen molar-refractivity contribution in [1.82, 2.24) is 4.72 Å². The lowest BCUT2D eigenvalue weighted by Gasteiger charge is -2.14. The normalized spacial score (nSPS) is 12.3. The molecule has 1 amide bonds. The van der Waals surface area contributed by atoms with Gasteiger partial charge in [0.2, 0.25) is 10.0 Å². The number of carbonyl (C=O) groups is 2. The van der Waals surface area contributed by atoms with Crippen LogP contribution in [0.15, 0.2) is 47.4 Å². The molecule has 7 nitrogen and oxygen atoms in total. The van der Waals surface area contributed by atoms with E-state index in [1.807, 2.05) is 0 Å². The van der Waals surface area contributed by atoms with Crippen LogP contribution in [0.2, 0.25) is 5.02 Å². The van der Waals surface area contributed by atoms with Crippen LogP contribution in [-0.4, -0.2) is 33.4 Å². The SMILES string of the molecule is CNS(=O)(=O)c1cc(C(=O)O[C@@H](C)C(=O)Nc2cccc(F)c2)ccc1Cl. The molecule has 2 rings (SSSR count). The molecule has 144 valence electrons. The van der Waals surface area contributed by atoms with E-state index in [2.05, 4.69) is 10.0 Å². The predicted octanol–water partition coefficient (Wildman–Crippen LogP) is 2.57. The number of ether oxygens (including phenoxy) is 1. The summed E-state index contributed by atoms with van der Waals surface area (Å²) in [5.74, 6) is -2.12. The van der Waals surface area contributed by atoms with Gasteiger partial charge < -0.3 is 10.1 Å². The fourth-order valence-electron chi connectivity index (χ4n) is 2.04. The summed E-state index contributed by atoms with van der Waals surface area (Å²) in [4.78, 5) is 24.0. The number of anilines is 1. The topological polar surface area (TPSA) is 102 Å². The van der Waals surface area contributed by atoms with Gasteiger partial charge in [-0.2, -0.15) is 0 Å². The molecule has 2 N–H and O–H groups in total. The molecule has 2 aromatic carbocycles. The molecule has 0 fully saturated rings. The van der Waals surface area contributed by atoms with Crippen molar-refractivity contribution in [3.05, 3.63) is 58.9 Å². The van der Waals surface area contributed by atoms with E-state index in [0.717, 1.165) is 12.1 Å². The number of nitrogens with one attached hydrogen (secondary N) is 2. The smallest absolute Gasteiger partial charge is 0.338 e. The largest absolute Gasteiger partial charge is 0.449 e. The molecule has 0 saturated carbocycles. The number of hydrogen-bond acceptors (Lipinski definition) is 5. The van der Waals surface area contributed by atoms with E-state index < -0.39 is 33.8 Å². The zero-order chi connectivity index (χ0) is 20.2. The van der Waals surface area contributed by atoms with Crippen molar-refractivity contribution in [1.29, 1.82) is 0 Å². The highest BCUT2D eigenvalue weighted by atomic mass is 35.5. The summed E-state index contributed by atoms with van der Waals surface area (Å²) < 4.78 is 44.1. The first-order chi connectivity index (χ1) is 12.6. The molecule has 27 heavy (non-hydrogen) atoms. The van der Waals surface area contributed by atoms with Crippen molar-refractivity contribution in [2.45, 2.75) is 17.9 Å². The molecule has 0 spiro atoms. The number of esters is 1. The Morgan fingerprint density at radius 3 is 2.52 bits per heavy atom. The van der Waals surface area contributed by atoms with Crippen LogP contribution in [-0.2, 0) is 19.6 Å². The van der Waals surface area contributed by atoms with E-state index in [9.17, 15) is 22.4 Å². The second-order valence-electron chi connectivity index (χ2n) is 5.40. The van der Waals surface area contributed by atoms with Crippen LogP contribution in [0.25, 0.3) is 0 Å². The molecule has 0 unspecified atom stereocenters. The summed E-state index contributed by atoms with van der Waals surface area (Å²) in [5.41, 5.74) is 0.107. The van der Waals surface area contributed by atoms with Gasteiger partial charge in [0.05, 0.1) is 10.6 Å². The van der Waals surface area contributed by atoms with E-state index in [-0.39, 0.29) is 21.2 Å². The molecule has 0 aliphatic rings. The summed E-state index contributed by atoms with van der Waals surface area (Å²) >= 11 is 5.86. The number of sulfonamides is 1. The highest BCUT2D eigenvalue weighted by Crippen LogP contribution is 2.23. The fraction of sp³-hybridized carbons (Fsp3) is 0.176. The summed E-state index contributed by atoms with van der Waals surface area (Å²) in [6.45, 7) is 1.33. The van der Waals surface area contributed by atoms with Gasteiger partial charge in [-0.15, -0.1) is 0 Å². The van der Waals surface area contributed by atoms with Gasteiger partial charge in [0.1, 0.15) is 10.7 Å². The van der Waals surface area contributed by atoms with Gasteiger partial charge in [-0.05, 0) is 50.4 Å². The van der Waals surface area contributed by atoms with Gasteiger partial charge in [0.25, 0.3) is 5.91 Å². The molecule has 0 aliphatic heterocycles. The zero-order valence-electron chi connectivity index (χ0n) is 14.3. The van der Waals surface area contributed by atoms with E-state index in [1.54, 1.807) is 0 Å². The number of rotatable bonds is 6. The average molecular weight is 415 g/mol. The molecular weight excluding hydrogens is 399 g/mol. The summed E-state index contributed by atoms with van der Waals surface area (Å²) in [5, 5.41) is 2.34. The molecule has 0 aliphatic carbocycles. The first-order valence-electron chi connectivity index (χ1n) is 7.64. The lowest BCUT2D eigenvalue weighted by atomic mass is 10.2. The van der Waals surface area contributed by atoms with Crippen LogP contribution in [0.4, 0.5) is 10.1 Å². The number of amides is 1. The third-order valence-electron chi connectivity index (χ3n) is 3.47. The monoisotopic (exact) mass is 414 g/mol. The van der Waals surface area contributed by atoms with Gasteiger partial charge in [-0.3, -0.25) is 4.79 Å². The Balaban J connectivity index is 2.12. The Kier molecular flexibility index (Phi) is 6.53. The van der Waals surface area contributed by atoms with E-state index in [1.165, 1.54) is 44.3 Å². The first kappa shape index (κ1) is 20.8. The highest BCUT2D eigenvalue weighted by Gasteiger charge is 2.22. The van der Waals surface area contributed by atoms with Crippen molar-refractivity contribution in [2.24, 2.45) is 0 Å². The maximum Gasteiger partial charge on any atom is 0.338 e. The third kappa shape index (κ3) is 5.25. The summed E-state index contributed by atoms with van der Waals surface area (Å²) in [6.07, 6.45) is -1.21. The van der Waals surface area contributed by atoms with Crippen LogP contribution in [0.1, 0.15) is 17.3 Å². The van der Waals surface area contributed by atoms with Crippen LogP contribution < -0.4 is 10.0 Å². The van der Waals surface area contributed by atoms with Gasteiger partial charge in [0.15, 0.2) is 6.10 Å². The third-order valence-corrected chi connectivity index (χ3v) is 5.37. The molecule has 1 atom stereocenters. The lowest BCUT2D eigenvalue weighted by Crippen LogP contribution is -2.30. The summed E-state index contributed by atoms with van der Waals surface area (Å²) in [7, 11) is -2.68. The minimum Gasteiger partial charge on any atom is -0.449 e. The molecule has 0 bridgehead atoms. The van der Waals surface area contributed by atoms with Crippen molar-refractivity contribution >= 4 is 39.2 Å². The molecular formula is C17H16ClFN2O5S. The Labute approximate surface area is 160 Å². The lowest BCUT2D eigenvalue weighted by molar-refractivity contribution is -0.123. The van der Waals surface area contributed by atoms with Crippen molar-refractivity contribution < 1.29 is 27.1 Å². The zero-order valence-corrected chi connectivity index (χ0v) is 15.9. The Morgan fingerprint density at radius 2 is 1.89 bits per heavy atom. The predicted molar refractivity (Wildman–Crippen MR) is 97.6 cm³/mol. The molecule has 0 heterocycles. The van der Waals surface area contributed by atoms with E-state index in [0.29, 0.717) is 0 Å². The first-order valence-corrected chi connectivity index (χ1v) is 9.50. The molecule has 0 aromatic heterocycles. The Bertz CT molecular complexity index is 981. The second kappa shape index (κ2) is 8.47. The van der Waals surface area contributed by atoms with Gasteiger partial charge >= 0.3 is 5.97 Å². The number of benzene rings is 2. The quantitative estimate of drug-likeness (QED) is 0.707. The minimum atomic E-state index is -3.88. The maximum absolute atomic E-state index is 13.1. The fourth-order valence-corrected chi connectivity index (χ4v) is 3.29. The van der Waals surface area contributed by atoms with E-state index >= 15 is 0 Å². The summed E-state index contributed by atoms with van der Waals surface area (Å²) in [6, 6.07) is 8.78. The van der Waals surface area contributed by atoms with Crippen LogP contribution in [0.5, 0.6) is 0 Å². The van der Waals surface area contributed by atoms with Gasteiger partial charge in [-0.1, -0.05) is 17.7 Å². The highest BCUT2D eigenvalue weighted by molar-refractivity contribution is 7.89. The van der Waals surface area contributed by atoms with Crippen molar-refractivity contribution in [2.75, 3.05) is 12.4 Å². The van der Waals surface area contributed by atoms with Crippen LogP contribution in [0, 0.1) is 5.82 Å². The van der Waals surface area contributed by atoms with E-state index in [4.69, 9.17) is 16.3 Å².